The molecule has 0 aliphatic carbocycles. The topological polar surface area (TPSA) is 38.5 Å². The average molecular weight is 272 g/mol. The van der Waals surface area contributed by atoms with Crippen molar-refractivity contribution in [2.45, 2.75) is 12.5 Å². The third kappa shape index (κ3) is 2.41. The summed E-state index contributed by atoms with van der Waals surface area (Å²) in [4.78, 5) is 2.07. The van der Waals surface area contributed by atoms with Gasteiger partial charge >= 0.3 is 0 Å². The Kier molecular flexibility index (Phi) is 3.22. The average Bonchev–Trinajstić information content (AvgIpc) is 2.80. The molecule has 20 heavy (non-hydrogen) atoms. The van der Waals surface area contributed by atoms with Crippen LogP contribution in [-0.2, 0) is 6.42 Å². The first-order valence-corrected chi connectivity index (χ1v) is 6.64. The van der Waals surface area contributed by atoms with Gasteiger partial charge < -0.3 is 15.4 Å². The fourth-order valence-corrected chi connectivity index (χ4v) is 2.63. The summed E-state index contributed by atoms with van der Waals surface area (Å²) in [6.07, 6.45) is 0.751. The lowest BCUT2D eigenvalue weighted by atomic mass is 10.1. The molecule has 1 aliphatic rings. The molecule has 4 heteroatoms. The Morgan fingerprint density at radius 2 is 2.10 bits per heavy atom. The Hall–Kier alpha value is -2.23. The molecule has 0 radical (unpaired) electrons. The van der Waals surface area contributed by atoms with Crippen molar-refractivity contribution in [2.24, 2.45) is 0 Å². The molecule has 104 valence electrons. The zero-order valence-corrected chi connectivity index (χ0v) is 11.3. The molecule has 2 N–H and O–H groups in total. The Morgan fingerprint density at radius 1 is 1.30 bits per heavy atom. The lowest BCUT2D eigenvalue weighted by Crippen LogP contribution is -2.32. The van der Waals surface area contributed by atoms with Crippen molar-refractivity contribution in [3.63, 3.8) is 0 Å². The lowest BCUT2D eigenvalue weighted by molar-refractivity contribution is 0.239. The number of hydrogen-bond acceptors (Lipinski definition) is 3. The molecule has 1 heterocycles. The van der Waals surface area contributed by atoms with Crippen LogP contribution in [0.4, 0.5) is 15.8 Å². The van der Waals surface area contributed by atoms with Crippen LogP contribution in [0.2, 0.25) is 0 Å². The molecule has 2 aromatic rings. The van der Waals surface area contributed by atoms with Crippen LogP contribution in [0.1, 0.15) is 5.56 Å². The van der Waals surface area contributed by atoms with Crippen LogP contribution in [0.15, 0.2) is 42.5 Å². The molecule has 1 aliphatic heterocycles. The second-order valence-corrected chi connectivity index (χ2v) is 5.14. The summed E-state index contributed by atoms with van der Waals surface area (Å²) in [6, 6.07) is 12.4. The molecular weight excluding hydrogens is 255 g/mol. The molecule has 2 aromatic carbocycles. The first-order chi connectivity index (χ1) is 9.63. The first-order valence-electron chi connectivity index (χ1n) is 6.64. The predicted molar refractivity (Wildman–Crippen MR) is 78.6 cm³/mol. The van der Waals surface area contributed by atoms with E-state index in [1.54, 1.807) is 12.1 Å². The first kappa shape index (κ1) is 12.8. The fourth-order valence-electron chi connectivity index (χ4n) is 2.63. The monoisotopic (exact) mass is 272 g/mol. The maximum atomic E-state index is 13.2. The summed E-state index contributed by atoms with van der Waals surface area (Å²) in [7, 11) is 1.98. The third-order valence-corrected chi connectivity index (χ3v) is 3.59. The number of fused-ring (bicyclic) bond motifs is 1. The number of nitrogens with two attached hydrogens (primary N) is 1. The van der Waals surface area contributed by atoms with Crippen LogP contribution < -0.4 is 15.4 Å². The van der Waals surface area contributed by atoms with E-state index in [0.717, 1.165) is 29.1 Å². The Morgan fingerprint density at radius 3 is 2.90 bits per heavy atom. The quantitative estimate of drug-likeness (QED) is 0.873. The van der Waals surface area contributed by atoms with E-state index in [1.165, 1.54) is 6.07 Å². The van der Waals surface area contributed by atoms with Gasteiger partial charge in [-0.25, -0.2) is 4.39 Å². The van der Waals surface area contributed by atoms with Crippen molar-refractivity contribution in [1.82, 2.24) is 0 Å². The zero-order valence-electron chi connectivity index (χ0n) is 11.3. The normalized spacial score (nSPS) is 16.6. The maximum Gasteiger partial charge on any atom is 0.123 e. The van der Waals surface area contributed by atoms with Gasteiger partial charge in [0.1, 0.15) is 17.7 Å². The minimum absolute atomic E-state index is 0.0245. The Labute approximate surface area is 117 Å². The molecule has 0 saturated carbocycles. The summed E-state index contributed by atoms with van der Waals surface area (Å²) in [5.41, 5.74) is 8.63. The van der Waals surface area contributed by atoms with Crippen LogP contribution in [-0.4, -0.2) is 19.7 Å². The summed E-state index contributed by atoms with van der Waals surface area (Å²) < 4.78 is 19.0. The molecule has 3 rings (SSSR count). The van der Waals surface area contributed by atoms with E-state index in [0.29, 0.717) is 6.54 Å². The van der Waals surface area contributed by atoms with E-state index in [-0.39, 0.29) is 11.9 Å². The number of anilines is 2. The molecule has 0 amide bonds. The Bertz CT molecular complexity index is 630. The van der Waals surface area contributed by atoms with E-state index in [2.05, 4.69) is 4.90 Å². The van der Waals surface area contributed by atoms with Gasteiger partial charge in [0.2, 0.25) is 0 Å². The van der Waals surface area contributed by atoms with Crippen molar-refractivity contribution >= 4 is 11.4 Å². The number of halogens is 1. The Balaban J connectivity index is 1.70. The van der Waals surface area contributed by atoms with E-state index in [9.17, 15) is 4.39 Å². The number of nitrogen functional groups attached to an aromatic ring is 1. The van der Waals surface area contributed by atoms with Crippen LogP contribution in [0.5, 0.6) is 5.75 Å². The second-order valence-electron chi connectivity index (χ2n) is 5.14. The number of nitrogens with zero attached hydrogens (tertiary/aromatic N) is 1. The zero-order chi connectivity index (χ0) is 14.1. The highest BCUT2D eigenvalue weighted by molar-refractivity contribution is 5.67. The van der Waals surface area contributed by atoms with Gasteiger partial charge in [0, 0.05) is 19.0 Å². The number of rotatable bonds is 3. The van der Waals surface area contributed by atoms with E-state index in [1.807, 2.05) is 31.3 Å². The van der Waals surface area contributed by atoms with Gasteiger partial charge in [0.25, 0.3) is 0 Å². The number of ether oxygens (including phenoxy) is 1. The smallest absolute Gasteiger partial charge is 0.123 e. The van der Waals surface area contributed by atoms with Crippen LogP contribution in [0.3, 0.4) is 0 Å². The van der Waals surface area contributed by atoms with E-state index < -0.39 is 0 Å². The molecule has 0 spiro atoms. The van der Waals surface area contributed by atoms with Gasteiger partial charge in [0.15, 0.2) is 0 Å². The molecule has 1 atom stereocenters. The molecule has 0 bridgehead atoms. The fraction of sp³-hybridized carbons (Fsp3) is 0.250. The maximum absolute atomic E-state index is 13.2. The molecular formula is C16H17FN2O. The minimum atomic E-state index is -0.214. The van der Waals surface area contributed by atoms with Crippen molar-refractivity contribution in [1.29, 1.82) is 0 Å². The summed E-state index contributed by atoms with van der Waals surface area (Å²) >= 11 is 0. The van der Waals surface area contributed by atoms with Crippen LogP contribution in [0.25, 0.3) is 0 Å². The van der Waals surface area contributed by atoms with Gasteiger partial charge in [0.05, 0.1) is 17.9 Å². The standard InChI is InChI=1S/C16H17FN2O/c1-19(15-5-3-2-4-14(15)18)10-13-9-11-8-12(17)6-7-16(11)20-13/h2-8,13H,9-10,18H2,1H3. The minimum Gasteiger partial charge on any atom is -0.488 e. The summed E-state index contributed by atoms with van der Waals surface area (Å²) in [6.45, 7) is 0.713. The van der Waals surface area contributed by atoms with Gasteiger partial charge in [-0.2, -0.15) is 0 Å². The largest absolute Gasteiger partial charge is 0.488 e. The second kappa shape index (κ2) is 5.04. The highest BCUT2D eigenvalue weighted by Crippen LogP contribution is 2.30. The SMILES string of the molecule is CN(CC1Cc2cc(F)ccc2O1)c1ccccc1N. The number of benzene rings is 2. The molecule has 0 fully saturated rings. The predicted octanol–water partition coefficient (Wildman–Crippen LogP) is 2.85. The lowest BCUT2D eigenvalue weighted by Gasteiger charge is -2.24. The van der Waals surface area contributed by atoms with Gasteiger partial charge in [-0.15, -0.1) is 0 Å². The van der Waals surface area contributed by atoms with Gasteiger partial charge in [-0.1, -0.05) is 12.1 Å². The van der Waals surface area contributed by atoms with Crippen LogP contribution in [0, 0.1) is 5.82 Å². The van der Waals surface area contributed by atoms with Crippen molar-refractivity contribution in [2.75, 3.05) is 24.2 Å². The summed E-state index contributed by atoms with van der Waals surface area (Å²) in [5.74, 6) is 0.569. The van der Waals surface area contributed by atoms with Crippen molar-refractivity contribution in [3.05, 3.63) is 53.8 Å². The molecule has 0 saturated heterocycles. The molecule has 0 aromatic heterocycles. The highest BCUT2D eigenvalue weighted by atomic mass is 19.1. The third-order valence-electron chi connectivity index (χ3n) is 3.59. The molecule has 3 nitrogen and oxygen atoms in total. The van der Waals surface area contributed by atoms with Gasteiger partial charge in [-0.05, 0) is 30.3 Å². The molecule has 1 unspecified atom stereocenters. The van der Waals surface area contributed by atoms with E-state index in [4.69, 9.17) is 10.5 Å². The van der Waals surface area contributed by atoms with Crippen LogP contribution >= 0.6 is 0 Å². The van der Waals surface area contributed by atoms with Gasteiger partial charge in [-0.3, -0.25) is 0 Å². The van der Waals surface area contributed by atoms with E-state index >= 15 is 0 Å². The number of likely N-dealkylation sites (N-methyl/N-ethyl adjacent to an activating group) is 1. The summed E-state index contributed by atoms with van der Waals surface area (Å²) in [5, 5.41) is 0. The number of hydrogen-bond donors (Lipinski definition) is 1. The van der Waals surface area contributed by atoms with Crippen molar-refractivity contribution in [3.8, 4) is 5.75 Å². The highest BCUT2D eigenvalue weighted by Gasteiger charge is 2.24. The van der Waals surface area contributed by atoms with Crippen molar-refractivity contribution < 1.29 is 9.13 Å². The number of para-hydroxylation sites is 2.